The molecule has 414 valence electrons. The van der Waals surface area contributed by atoms with Crippen molar-refractivity contribution in [2.45, 2.75) is 174 Å². The molecule has 77 heavy (non-hydrogen) atoms. The number of β-amino-alcohol motifs (C(OH)–C–C–N with tert-alkyl or cyclic N) is 1. The number of carbonyl (C=O) groups is 7. The third kappa shape index (κ3) is 15.2. The summed E-state index contributed by atoms with van der Waals surface area (Å²) in [7, 11) is 0. The number of ether oxygens (including phenoxy) is 2. The number of aryl methyl sites for hydroxylation is 3. The normalized spacial score (nSPS) is 19.3. The first kappa shape index (κ1) is 57.8. The fourth-order valence-corrected chi connectivity index (χ4v) is 10.8. The molecule has 4 aromatic rings. The number of aromatic nitrogens is 1. The predicted molar refractivity (Wildman–Crippen MR) is 290 cm³/mol. The van der Waals surface area contributed by atoms with Gasteiger partial charge in [0, 0.05) is 32.2 Å². The number of benzene rings is 3. The van der Waals surface area contributed by atoms with Crippen molar-refractivity contribution >= 4 is 58.6 Å². The molecule has 0 aliphatic carbocycles. The highest BCUT2D eigenvalue weighted by Gasteiger charge is 2.46. The summed E-state index contributed by atoms with van der Waals surface area (Å²) in [6, 6.07) is 16.4. The Morgan fingerprint density at radius 2 is 1.58 bits per heavy atom. The number of nitrogens with one attached hydrogen (secondary N) is 4. The van der Waals surface area contributed by atoms with Gasteiger partial charge in [-0.15, -0.1) is 11.3 Å². The number of hydrogen-bond donors (Lipinski definition) is 6. The van der Waals surface area contributed by atoms with Crippen molar-refractivity contribution in [1.82, 2.24) is 31.3 Å². The molecule has 7 atom stereocenters. The minimum Gasteiger partial charge on any atom is -0.444 e. The first-order valence-corrected chi connectivity index (χ1v) is 27.3. The molecule has 1 saturated heterocycles. The number of carbonyl (C=O) groups excluding carboxylic acids is 7. The lowest BCUT2D eigenvalue weighted by atomic mass is 9.85. The smallest absolute Gasteiger partial charge is 0.408 e. The lowest BCUT2D eigenvalue weighted by Crippen LogP contribution is -2.58. The van der Waals surface area contributed by atoms with Crippen LogP contribution >= 0.6 is 11.3 Å². The minimum atomic E-state index is -1.01. The number of hydroxylamine groups is 1. The molecule has 4 heterocycles. The maximum Gasteiger partial charge on any atom is 0.408 e. The fraction of sp³-hybridized carbons (Fsp3) is 0.509. The van der Waals surface area contributed by atoms with Crippen LogP contribution in [0.2, 0.25) is 0 Å². The van der Waals surface area contributed by atoms with Crippen LogP contribution < -0.4 is 36.9 Å². The first-order valence-electron chi connectivity index (χ1n) is 26.4. The number of primary amides is 1. The van der Waals surface area contributed by atoms with Crippen LogP contribution in [-0.2, 0) is 64.1 Å². The van der Waals surface area contributed by atoms with E-state index in [1.807, 2.05) is 89.2 Å². The Morgan fingerprint density at radius 1 is 0.883 bits per heavy atom. The number of amides is 7. The molecule has 0 radical (unpaired) electrons. The maximum absolute atomic E-state index is 14.3. The Morgan fingerprint density at radius 3 is 2.25 bits per heavy atom. The summed E-state index contributed by atoms with van der Waals surface area (Å²) in [6.45, 7) is 14.6. The molecule has 3 aromatic carbocycles. The lowest BCUT2D eigenvalue weighted by molar-refractivity contribution is -0.145. The summed E-state index contributed by atoms with van der Waals surface area (Å²) >= 11 is 1.53. The topological polar surface area (TPSA) is 261 Å². The SMILES string of the molecule is Cc1ncsc1-c1ccc(ONC(=O)[C@@H]2C[C@@H](O)CN2C(=O)C(NC(=O)CCCCc2ccc(CO[C@H](C)[C@H](CCC(N)=O)NC(=O)[C@@H]3Cc4cccc5c4N3C(=O)[C@@H](NC(=O)OC(C)(C)C)CC5)cc2)C(C)(C)C)cc1. The molecule has 7 amide bonds. The van der Waals surface area contributed by atoms with Crippen LogP contribution in [0.4, 0.5) is 10.5 Å². The molecule has 0 bridgehead atoms. The Hall–Kier alpha value is -6.90. The monoisotopic (exact) mass is 1080 g/mol. The second-order valence-electron chi connectivity index (χ2n) is 22.4. The molecule has 1 unspecified atom stereocenters. The number of unbranched alkanes of at least 4 members (excludes halogenated alkanes) is 1. The van der Waals surface area contributed by atoms with Crippen molar-refractivity contribution in [3.63, 3.8) is 0 Å². The van der Waals surface area contributed by atoms with E-state index in [-0.39, 0.29) is 51.2 Å². The molecule has 0 saturated carbocycles. The quantitative estimate of drug-likeness (QED) is 0.0422. The van der Waals surface area contributed by atoms with Crippen LogP contribution in [0.25, 0.3) is 10.4 Å². The van der Waals surface area contributed by atoms with E-state index >= 15 is 0 Å². The van der Waals surface area contributed by atoms with Crippen LogP contribution in [0.5, 0.6) is 5.75 Å². The van der Waals surface area contributed by atoms with Gasteiger partial charge in [-0.3, -0.25) is 33.7 Å². The molecular formula is C57H74N8O11S. The van der Waals surface area contributed by atoms with Crippen LogP contribution in [0.3, 0.4) is 0 Å². The second kappa shape index (κ2) is 25.1. The van der Waals surface area contributed by atoms with E-state index < -0.39 is 89.1 Å². The first-order chi connectivity index (χ1) is 36.4. The van der Waals surface area contributed by atoms with Crippen molar-refractivity contribution in [3.8, 4) is 16.2 Å². The molecular weight excluding hydrogens is 1000 g/mol. The average molecular weight is 1080 g/mol. The van der Waals surface area contributed by atoms with Crippen LogP contribution in [0, 0.1) is 12.3 Å². The number of para-hydroxylation sites is 1. The van der Waals surface area contributed by atoms with Gasteiger partial charge in [0.05, 0.1) is 46.6 Å². The van der Waals surface area contributed by atoms with E-state index in [1.165, 1.54) is 21.1 Å². The zero-order chi connectivity index (χ0) is 55.8. The number of hydrogen-bond acceptors (Lipinski definition) is 13. The van der Waals surface area contributed by atoms with Gasteiger partial charge in [-0.1, -0.05) is 63.2 Å². The number of anilines is 1. The Kier molecular flexibility index (Phi) is 18.8. The molecule has 1 fully saturated rings. The molecule has 3 aliphatic heterocycles. The molecule has 3 aliphatic rings. The molecule has 1 aromatic heterocycles. The van der Waals surface area contributed by atoms with E-state index in [2.05, 4.69) is 26.4 Å². The summed E-state index contributed by atoms with van der Waals surface area (Å²) < 4.78 is 11.7. The highest BCUT2D eigenvalue weighted by molar-refractivity contribution is 7.13. The largest absolute Gasteiger partial charge is 0.444 e. The van der Waals surface area contributed by atoms with Gasteiger partial charge in [0.25, 0.3) is 5.91 Å². The zero-order valence-electron chi connectivity index (χ0n) is 45.3. The Labute approximate surface area is 454 Å². The van der Waals surface area contributed by atoms with Gasteiger partial charge in [-0.05, 0) is 131 Å². The summed E-state index contributed by atoms with van der Waals surface area (Å²) in [6.07, 6.45) is 1.24. The van der Waals surface area contributed by atoms with Gasteiger partial charge in [-0.2, -0.15) is 5.48 Å². The summed E-state index contributed by atoms with van der Waals surface area (Å²) in [4.78, 5) is 108. The number of aliphatic hydroxyl groups excluding tert-OH is 1. The van der Waals surface area contributed by atoms with Crippen molar-refractivity contribution in [2.24, 2.45) is 11.1 Å². The van der Waals surface area contributed by atoms with E-state index in [0.29, 0.717) is 43.5 Å². The Bertz CT molecular complexity index is 2770. The molecule has 7 rings (SSSR count). The number of likely N-dealkylation sites (tertiary alicyclic amines) is 1. The number of rotatable bonds is 21. The van der Waals surface area contributed by atoms with E-state index in [9.17, 15) is 38.7 Å². The number of thiazole rings is 1. The highest BCUT2D eigenvalue weighted by Crippen LogP contribution is 2.39. The summed E-state index contributed by atoms with van der Waals surface area (Å²) in [5.41, 5.74) is 14.5. The minimum absolute atomic E-state index is 0.00305. The van der Waals surface area contributed by atoms with E-state index in [4.69, 9.17) is 20.0 Å². The number of nitrogens with two attached hydrogens (primary N) is 1. The second-order valence-corrected chi connectivity index (χ2v) is 23.2. The van der Waals surface area contributed by atoms with Crippen molar-refractivity contribution in [2.75, 3.05) is 11.4 Å². The number of alkyl carbamates (subject to hydrolysis) is 1. The molecule has 19 nitrogen and oxygen atoms in total. The predicted octanol–water partition coefficient (Wildman–Crippen LogP) is 5.89. The van der Waals surface area contributed by atoms with Gasteiger partial charge in [0.15, 0.2) is 5.75 Å². The third-order valence-corrected chi connectivity index (χ3v) is 15.0. The van der Waals surface area contributed by atoms with Crippen LogP contribution in [0.1, 0.15) is 121 Å². The van der Waals surface area contributed by atoms with Crippen molar-refractivity contribution in [1.29, 1.82) is 0 Å². The van der Waals surface area contributed by atoms with Crippen LogP contribution in [0.15, 0.2) is 72.2 Å². The third-order valence-electron chi connectivity index (χ3n) is 14.1. The highest BCUT2D eigenvalue weighted by atomic mass is 32.1. The number of nitrogens with zero attached hydrogens (tertiary/aromatic N) is 3. The fourth-order valence-electron chi connectivity index (χ4n) is 9.97. The molecule has 7 N–H and O–H groups in total. The molecule has 20 heteroatoms. The van der Waals surface area contributed by atoms with Gasteiger partial charge in [0.1, 0.15) is 29.8 Å². The summed E-state index contributed by atoms with van der Waals surface area (Å²) in [5.74, 6) is -2.32. The van der Waals surface area contributed by atoms with Gasteiger partial charge < -0.3 is 46.0 Å². The van der Waals surface area contributed by atoms with Crippen molar-refractivity contribution in [3.05, 3.63) is 100 Å². The average Bonchev–Trinajstić information content (AvgIpc) is 4.14. The van der Waals surface area contributed by atoms with E-state index in [1.54, 1.807) is 38.4 Å². The van der Waals surface area contributed by atoms with E-state index in [0.717, 1.165) is 38.4 Å². The summed E-state index contributed by atoms with van der Waals surface area (Å²) in [5, 5.41) is 19.3. The Balaban J connectivity index is 0.875. The number of aliphatic hydroxyl groups is 1. The van der Waals surface area contributed by atoms with Gasteiger partial charge >= 0.3 is 6.09 Å². The van der Waals surface area contributed by atoms with Gasteiger partial charge in [-0.25, -0.2) is 9.78 Å². The van der Waals surface area contributed by atoms with Crippen LogP contribution in [-0.4, -0.2) is 111 Å². The molecule has 0 spiro atoms. The maximum atomic E-state index is 14.3. The lowest BCUT2D eigenvalue weighted by Gasteiger charge is -2.35. The van der Waals surface area contributed by atoms with Crippen molar-refractivity contribution < 1.29 is 53.0 Å². The van der Waals surface area contributed by atoms with Gasteiger partial charge in [0.2, 0.25) is 29.5 Å². The zero-order valence-corrected chi connectivity index (χ0v) is 46.1. The standard InChI is InChI=1S/C57H74N8O11S/c1-33-49(77-32-59-33)38-20-23-41(24-21-38)76-63-52(70)44-29-40(66)30-64(44)54(72)50(56(3,4)5)62-47(68)15-10-9-12-35-16-18-36(19-17-35)31-74-34(2)42(26-27-46(58)67)60-51(69)45-28-39-14-11-13-37-22-25-43(53(71)65(45)48(37)39)61-55(73)75-57(6,7)8/h11,13-14,16-21,23-24,32,34,40,42-45,50,66H,9-10,12,15,22,25-31H2,1-8H3,(H2,58,67)(H,60,69)(H,61,73)(H,62,68)(H,63,70)/t34-,40-,42+,43+,44+,45+,50?/m1/s1.